The molecule has 0 saturated heterocycles. The summed E-state index contributed by atoms with van der Waals surface area (Å²) in [5.74, 6) is 1.57. The second-order valence-corrected chi connectivity index (χ2v) is 10.5. The molecular weight excluding hydrogens is 438 g/mol. The highest BCUT2D eigenvalue weighted by Crippen LogP contribution is 2.40. The van der Waals surface area contributed by atoms with Gasteiger partial charge in [-0.1, -0.05) is 36.0 Å². The number of hydrogen-bond donors (Lipinski definition) is 1. The zero-order valence-electron chi connectivity index (χ0n) is 18.1. The van der Waals surface area contributed by atoms with E-state index in [0.717, 1.165) is 40.2 Å². The molecular formula is C24H25N5OS2. The van der Waals surface area contributed by atoms with Gasteiger partial charge in [0.15, 0.2) is 5.16 Å². The third-order valence-electron chi connectivity index (χ3n) is 5.57. The van der Waals surface area contributed by atoms with Crippen molar-refractivity contribution in [3.05, 3.63) is 64.9 Å². The van der Waals surface area contributed by atoms with Crippen LogP contribution in [0.5, 0.6) is 0 Å². The Bertz CT molecular complexity index is 1210. The van der Waals surface area contributed by atoms with Crippen molar-refractivity contribution in [1.82, 2.24) is 19.7 Å². The van der Waals surface area contributed by atoms with Crippen molar-refractivity contribution < 1.29 is 4.79 Å². The lowest BCUT2D eigenvalue weighted by molar-refractivity contribution is -0.115. The Morgan fingerprint density at radius 3 is 2.69 bits per heavy atom. The molecule has 2 aromatic heterocycles. The molecule has 1 N–H and O–H groups in total. The van der Waals surface area contributed by atoms with Crippen molar-refractivity contribution in [1.29, 1.82) is 0 Å². The first-order valence-corrected chi connectivity index (χ1v) is 12.6. The molecule has 1 saturated carbocycles. The summed E-state index contributed by atoms with van der Waals surface area (Å²) in [6, 6.07) is 16.2. The van der Waals surface area contributed by atoms with Gasteiger partial charge >= 0.3 is 0 Å². The van der Waals surface area contributed by atoms with E-state index < -0.39 is 0 Å². The van der Waals surface area contributed by atoms with E-state index in [-0.39, 0.29) is 11.2 Å². The highest BCUT2D eigenvalue weighted by Gasteiger charge is 2.30. The van der Waals surface area contributed by atoms with Crippen molar-refractivity contribution in [3.8, 4) is 0 Å². The van der Waals surface area contributed by atoms with Crippen molar-refractivity contribution in [2.45, 2.75) is 56.0 Å². The lowest BCUT2D eigenvalue weighted by atomic mass is 10.1. The SMILES string of the molecule is CCn1c(SC(C)C(=O)Nc2ccc(Cc3nc4ccccc4s3)cc2)nnc1C1CC1. The van der Waals surface area contributed by atoms with Crippen LogP contribution in [-0.4, -0.2) is 30.9 Å². The molecule has 1 atom stereocenters. The van der Waals surface area contributed by atoms with Crippen LogP contribution >= 0.6 is 23.1 Å². The van der Waals surface area contributed by atoms with E-state index in [1.807, 2.05) is 37.3 Å². The number of thiazole rings is 1. The molecule has 2 aromatic carbocycles. The molecule has 4 aromatic rings. The molecule has 1 aliphatic carbocycles. The number of benzene rings is 2. The van der Waals surface area contributed by atoms with Crippen LogP contribution in [0.4, 0.5) is 5.69 Å². The van der Waals surface area contributed by atoms with Gasteiger partial charge in [0, 0.05) is 24.6 Å². The molecule has 0 spiro atoms. The minimum absolute atomic E-state index is 0.0347. The Balaban J connectivity index is 1.20. The van der Waals surface area contributed by atoms with Crippen LogP contribution in [0, 0.1) is 0 Å². The summed E-state index contributed by atoms with van der Waals surface area (Å²) >= 11 is 3.19. The molecule has 5 rings (SSSR count). The number of carbonyl (C=O) groups is 1. The fourth-order valence-corrected chi connectivity index (χ4v) is 5.58. The van der Waals surface area contributed by atoms with Crippen molar-refractivity contribution in [2.24, 2.45) is 0 Å². The predicted octanol–water partition coefficient (Wildman–Crippen LogP) is 5.50. The molecule has 1 fully saturated rings. The van der Waals surface area contributed by atoms with Gasteiger partial charge in [0.1, 0.15) is 5.82 Å². The Labute approximate surface area is 195 Å². The first kappa shape index (κ1) is 21.2. The van der Waals surface area contributed by atoms with Crippen LogP contribution in [0.2, 0.25) is 0 Å². The molecule has 0 bridgehead atoms. The van der Waals surface area contributed by atoms with Gasteiger partial charge in [0.25, 0.3) is 0 Å². The molecule has 1 amide bonds. The number of carbonyl (C=O) groups excluding carboxylic acids is 1. The smallest absolute Gasteiger partial charge is 0.237 e. The Morgan fingerprint density at radius 2 is 1.97 bits per heavy atom. The quantitative estimate of drug-likeness (QED) is 0.350. The minimum atomic E-state index is -0.265. The number of nitrogens with one attached hydrogen (secondary N) is 1. The van der Waals surface area contributed by atoms with Crippen LogP contribution in [0.25, 0.3) is 10.2 Å². The molecule has 1 unspecified atom stereocenters. The van der Waals surface area contributed by atoms with Crippen LogP contribution < -0.4 is 5.32 Å². The van der Waals surface area contributed by atoms with Crippen molar-refractivity contribution in [3.63, 3.8) is 0 Å². The topological polar surface area (TPSA) is 72.7 Å². The minimum Gasteiger partial charge on any atom is -0.325 e. The van der Waals surface area contributed by atoms with E-state index >= 15 is 0 Å². The second-order valence-electron chi connectivity index (χ2n) is 8.06. The summed E-state index contributed by atoms with van der Waals surface area (Å²) in [6.45, 7) is 4.83. The average molecular weight is 464 g/mol. The lowest BCUT2D eigenvalue weighted by Gasteiger charge is -2.13. The maximum absolute atomic E-state index is 12.7. The van der Waals surface area contributed by atoms with Gasteiger partial charge in [-0.15, -0.1) is 21.5 Å². The van der Waals surface area contributed by atoms with Gasteiger partial charge in [0.05, 0.1) is 20.5 Å². The highest BCUT2D eigenvalue weighted by atomic mass is 32.2. The molecule has 6 nitrogen and oxygen atoms in total. The third-order valence-corrected chi connectivity index (χ3v) is 7.69. The number of hydrogen-bond acceptors (Lipinski definition) is 6. The van der Waals surface area contributed by atoms with E-state index in [1.54, 1.807) is 11.3 Å². The lowest BCUT2D eigenvalue weighted by Crippen LogP contribution is -2.23. The van der Waals surface area contributed by atoms with E-state index in [1.165, 1.54) is 34.9 Å². The molecule has 164 valence electrons. The number of anilines is 1. The summed E-state index contributed by atoms with van der Waals surface area (Å²) < 4.78 is 3.35. The summed E-state index contributed by atoms with van der Waals surface area (Å²) in [4.78, 5) is 17.5. The standard InChI is InChI=1S/C24H25N5OS2/c1-3-29-22(17-10-11-17)27-28-24(29)31-15(2)23(30)25-18-12-8-16(9-13-18)14-21-26-19-6-4-5-7-20(19)32-21/h4-9,12-13,15,17H,3,10-11,14H2,1-2H3,(H,25,30). The number of aromatic nitrogens is 4. The first-order valence-electron chi connectivity index (χ1n) is 10.9. The third kappa shape index (κ3) is 4.56. The first-order chi connectivity index (χ1) is 15.6. The predicted molar refractivity (Wildman–Crippen MR) is 130 cm³/mol. The van der Waals surface area contributed by atoms with Crippen LogP contribution in [-0.2, 0) is 17.8 Å². The largest absolute Gasteiger partial charge is 0.325 e. The van der Waals surface area contributed by atoms with Gasteiger partial charge in [-0.05, 0) is 56.5 Å². The summed E-state index contributed by atoms with van der Waals surface area (Å²) in [5, 5.41) is 13.4. The average Bonchev–Trinajstić information content (AvgIpc) is 3.44. The van der Waals surface area contributed by atoms with Crippen LogP contribution in [0.15, 0.2) is 53.7 Å². The summed E-state index contributed by atoms with van der Waals surface area (Å²) in [5.41, 5.74) is 3.02. The fourth-order valence-electron chi connectivity index (χ4n) is 3.66. The zero-order chi connectivity index (χ0) is 22.1. The van der Waals surface area contributed by atoms with Gasteiger partial charge in [-0.2, -0.15) is 0 Å². The van der Waals surface area contributed by atoms with E-state index in [9.17, 15) is 4.79 Å². The van der Waals surface area contributed by atoms with Gasteiger partial charge in [-0.25, -0.2) is 4.98 Å². The van der Waals surface area contributed by atoms with E-state index in [2.05, 4.69) is 45.2 Å². The molecule has 32 heavy (non-hydrogen) atoms. The fraction of sp³-hybridized carbons (Fsp3) is 0.333. The van der Waals surface area contributed by atoms with Gasteiger partial charge < -0.3 is 9.88 Å². The van der Waals surface area contributed by atoms with Crippen LogP contribution in [0.3, 0.4) is 0 Å². The Morgan fingerprint density at radius 1 is 1.19 bits per heavy atom. The van der Waals surface area contributed by atoms with Crippen molar-refractivity contribution >= 4 is 44.9 Å². The number of para-hydroxylation sites is 1. The molecule has 8 heteroatoms. The number of nitrogens with zero attached hydrogens (tertiary/aromatic N) is 4. The van der Waals surface area contributed by atoms with Gasteiger partial charge in [0.2, 0.25) is 5.91 Å². The summed E-state index contributed by atoms with van der Waals surface area (Å²) in [6.07, 6.45) is 3.16. The summed E-state index contributed by atoms with van der Waals surface area (Å²) in [7, 11) is 0. The number of thioether (sulfide) groups is 1. The molecule has 1 aliphatic rings. The molecule has 2 heterocycles. The maximum atomic E-state index is 12.7. The second kappa shape index (κ2) is 9.03. The Hall–Kier alpha value is -2.71. The molecule has 0 aliphatic heterocycles. The number of rotatable bonds is 8. The normalized spacial score (nSPS) is 14.6. The Kier molecular flexibility index (Phi) is 5.97. The number of fused-ring (bicyclic) bond motifs is 1. The maximum Gasteiger partial charge on any atom is 0.237 e. The number of amides is 1. The van der Waals surface area contributed by atoms with Crippen LogP contribution in [0.1, 0.15) is 49.0 Å². The molecule has 0 radical (unpaired) electrons. The van der Waals surface area contributed by atoms with Crippen molar-refractivity contribution in [2.75, 3.05) is 5.32 Å². The highest BCUT2D eigenvalue weighted by molar-refractivity contribution is 8.00. The monoisotopic (exact) mass is 463 g/mol. The zero-order valence-corrected chi connectivity index (χ0v) is 19.7. The van der Waals surface area contributed by atoms with Gasteiger partial charge in [-0.3, -0.25) is 4.79 Å². The van der Waals surface area contributed by atoms with E-state index in [4.69, 9.17) is 4.98 Å². The van der Waals surface area contributed by atoms with E-state index in [0.29, 0.717) is 5.92 Å².